The third-order valence-electron chi connectivity index (χ3n) is 5.55. The van der Waals surface area contributed by atoms with Crippen molar-refractivity contribution in [1.29, 1.82) is 0 Å². The molecular weight excluding hydrogens is 435 g/mol. The maximum atomic E-state index is 12.7. The predicted octanol–water partition coefficient (Wildman–Crippen LogP) is 1.50. The van der Waals surface area contributed by atoms with Crippen molar-refractivity contribution in [3.05, 3.63) is 29.8 Å². The molecule has 0 bridgehead atoms. The molecule has 1 N–H and O–H groups in total. The molecule has 1 aromatic rings. The first kappa shape index (κ1) is 26.0. The minimum absolute atomic E-state index is 0. The number of piperidine rings is 1. The number of anilines is 1. The second kappa shape index (κ2) is 11.4. The molecule has 2 aliphatic rings. The number of amides is 1. The smallest absolute Gasteiger partial charge is 0.239 e. The summed E-state index contributed by atoms with van der Waals surface area (Å²) in [6, 6.07) is 8.36. The third kappa shape index (κ3) is 6.72. The van der Waals surface area contributed by atoms with E-state index in [9.17, 15) is 13.2 Å². The first-order valence-electron chi connectivity index (χ1n) is 9.62. The first-order valence-corrected chi connectivity index (χ1v) is 11.2. The molecule has 2 aliphatic heterocycles. The summed E-state index contributed by atoms with van der Waals surface area (Å²) in [5.41, 5.74) is 2.31. The molecule has 0 unspecified atom stereocenters. The molecule has 0 aromatic heterocycles. The Morgan fingerprint density at radius 3 is 2.34 bits per heavy atom. The van der Waals surface area contributed by atoms with Crippen LogP contribution in [-0.2, 0) is 14.8 Å². The molecule has 0 saturated carbocycles. The zero-order valence-corrected chi connectivity index (χ0v) is 19.5. The Labute approximate surface area is 186 Å². The van der Waals surface area contributed by atoms with Gasteiger partial charge in [0.15, 0.2) is 0 Å². The van der Waals surface area contributed by atoms with Gasteiger partial charge in [0.2, 0.25) is 15.9 Å². The van der Waals surface area contributed by atoms with Crippen LogP contribution in [0.3, 0.4) is 0 Å². The standard InChI is InChI=1S/C19H30N4O3S.2ClH/c1-16-4-3-5-18(14-16)22-10-12-23(13-11-22)27(25,26)15-19(24)21(2)17-6-8-20-9-7-17;;/h3-5,14,17,20H,6-13,15H2,1-2H3;2*1H. The molecule has 7 nitrogen and oxygen atoms in total. The van der Waals surface area contributed by atoms with Gasteiger partial charge in [-0.15, -0.1) is 24.8 Å². The summed E-state index contributed by atoms with van der Waals surface area (Å²) in [7, 11) is -1.85. The van der Waals surface area contributed by atoms with Crippen LogP contribution in [0.15, 0.2) is 24.3 Å². The van der Waals surface area contributed by atoms with Crippen molar-refractivity contribution in [2.45, 2.75) is 25.8 Å². The van der Waals surface area contributed by atoms with E-state index < -0.39 is 15.8 Å². The van der Waals surface area contributed by atoms with Crippen molar-refractivity contribution in [3.8, 4) is 0 Å². The average molecular weight is 467 g/mol. The molecule has 0 spiro atoms. The van der Waals surface area contributed by atoms with E-state index in [2.05, 4.69) is 35.3 Å². The van der Waals surface area contributed by atoms with Crippen LogP contribution in [0.5, 0.6) is 0 Å². The highest BCUT2D eigenvalue weighted by atomic mass is 35.5. The molecule has 10 heteroatoms. The largest absolute Gasteiger partial charge is 0.369 e. The molecule has 1 aromatic carbocycles. The van der Waals surface area contributed by atoms with Gasteiger partial charge >= 0.3 is 0 Å². The fourth-order valence-electron chi connectivity index (χ4n) is 3.80. The van der Waals surface area contributed by atoms with E-state index in [1.165, 1.54) is 9.87 Å². The van der Waals surface area contributed by atoms with Crippen LogP contribution < -0.4 is 10.2 Å². The summed E-state index contributed by atoms with van der Waals surface area (Å²) in [6.45, 7) is 5.91. The average Bonchev–Trinajstić information content (AvgIpc) is 2.68. The van der Waals surface area contributed by atoms with Gasteiger partial charge < -0.3 is 15.1 Å². The summed E-state index contributed by atoms with van der Waals surface area (Å²) in [5, 5.41) is 3.26. The van der Waals surface area contributed by atoms with Crippen molar-refractivity contribution in [1.82, 2.24) is 14.5 Å². The number of nitrogens with zero attached hydrogens (tertiary/aromatic N) is 3. The molecule has 2 fully saturated rings. The van der Waals surface area contributed by atoms with Crippen LogP contribution in [-0.4, -0.2) is 81.6 Å². The molecule has 1 amide bonds. The van der Waals surface area contributed by atoms with E-state index in [1.54, 1.807) is 11.9 Å². The van der Waals surface area contributed by atoms with Crippen LogP contribution in [0.2, 0.25) is 0 Å². The molecule has 3 rings (SSSR count). The highest BCUT2D eigenvalue weighted by molar-refractivity contribution is 7.89. The molecule has 2 heterocycles. The van der Waals surface area contributed by atoms with E-state index in [0.29, 0.717) is 26.2 Å². The highest BCUT2D eigenvalue weighted by Crippen LogP contribution is 2.19. The van der Waals surface area contributed by atoms with Gasteiger partial charge in [-0.1, -0.05) is 12.1 Å². The van der Waals surface area contributed by atoms with Crippen molar-refractivity contribution >= 4 is 46.4 Å². The first-order chi connectivity index (χ1) is 12.9. The van der Waals surface area contributed by atoms with E-state index in [1.807, 2.05) is 6.07 Å². The number of benzene rings is 1. The van der Waals surface area contributed by atoms with Gasteiger partial charge in [0.25, 0.3) is 0 Å². The summed E-state index contributed by atoms with van der Waals surface area (Å²) in [5.74, 6) is -0.735. The monoisotopic (exact) mass is 466 g/mol. The molecule has 0 radical (unpaired) electrons. The second-order valence-corrected chi connectivity index (χ2v) is 9.44. The number of carbonyl (C=O) groups excluding carboxylic acids is 1. The highest BCUT2D eigenvalue weighted by Gasteiger charge is 2.32. The van der Waals surface area contributed by atoms with E-state index >= 15 is 0 Å². The number of hydrogen-bond donors (Lipinski definition) is 1. The summed E-state index contributed by atoms with van der Waals surface area (Å²) in [6.07, 6.45) is 1.74. The van der Waals surface area contributed by atoms with Crippen molar-refractivity contribution in [2.75, 3.05) is 57.0 Å². The number of rotatable bonds is 5. The number of hydrogen-bond acceptors (Lipinski definition) is 5. The Balaban J connectivity index is 0.00000210. The quantitative estimate of drug-likeness (QED) is 0.711. The maximum absolute atomic E-state index is 12.7. The zero-order valence-electron chi connectivity index (χ0n) is 17.0. The normalized spacial score (nSPS) is 18.5. The minimum Gasteiger partial charge on any atom is -0.369 e. The predicted molar refractivity (Wildman–Crippen MR) is 122 cm³/mol. The number of halogens is 2. The van der Waals surface area contributed by atoms with E-state index in [-0.39, 0.29) is 36.8 Å². The Kier molecular flexibility index (Phi) is 10.2. The molecule has 29 heavy (non-hydrogen) atoms. The van der Waals surface area contributed by atoms with Crippen LogP contribution in [0.25, 0.3) is 0 Å². The Hall–Kier alpha value is -1.06. The number of sulfonamides is 1. The zero-order chi connectivity index (χ0) is 19.4. The molecular formula is C19H32Cl2N4O3S. The topological polar surface area (TPSA) is 73.0 Å². The third-order valence-corrected chi connectivity index (χ3v) is 7.32. The molecule has 166 valence electrons. The van der Waals surface area contributed by atoms with Crippen LogP contribution in [0.1, 0.15) is 18.4 Å². The minimum atomic E-state index is -3.58. The van der Waals surface area contributed by atoms with Crippen molar-refractivity contribution in [3.63, 3.8) is 0 Å². The number of piperazine rings is 1. The van der Waals surface area contributed by atoms with Crippen LogP contribution >= 0.6 is 24.8 Å². The van der Waals surface area contributed by atoms with Crippen LogP contribution in [0.4, 0.5) is 5.69 Å². The number of nitrogens with one attached hydrogen (secondary N) is 1. The molecule has 0 aliphatic carbocycles. The van der Waals surface area contributed by atoms with Gasteiger partial charge in [-0.05, 0) is 50.6 Å². The Morgan fingerprint density at radius 2 is 1.76 bits per heavy atom. The van der Waals surface area contributed by atoms with Gasteiger partial charge in [0.05, 0.1) is 0 Å². The molecule has 2 saturated heterocycles. The van der Waals surface area contributed by atoms with Gasteiger partial charge in [-0.25, -0.2) is 8.42 Å². The fourth-order valence-corrected chi connectivity index (χ4v) is 5.21. The van der Waals surface area contributed by atoms with Gasteiger partial charge in [-0.3, -0.25) is 4.79 Å². The summed E-state index contributed by atoms with van der Waals surface area (Å²) < 4.78 is 26.9. The van der Waals surface area contributed by atoms with Gasteiger partial charge in [-0.2, -0.15) is 4.31 Å². The lowest BCUT2D eigenvalue weighted by Gasteiger charge is -2.36. The van der Waals surface area contributed by atoms with Gasteiger partial charge in [0, 0.05) is 45.0 Å². The SMILES string of the molecule is Cc1cccc(N2CCN(S(=O)(=O)CC(=O)N(C)C3CCNCC3)CC2)c1.Cl.Cl. The fraction of sp³-hybridized carbons (Fsp3) is 0.632. The molecule has 0 atom stereocenters. The van der Waals surface area contributed by atoms with Crippen molar-refractivity contribution in [2.24, 2.45) is 0 Å². The lowest BCUT2D eigenvalue weighted by Crippen LogP contribution is -2.52. The van der Waals surface area contributed by atoms with Gasteiger partial charge in [0.1, 0.15) is 5.75 Å². The van der Waals surface area contributed by atoms with E-state index in [0.717, 1.165) is 31.6 Å². The lowest BCUT2D eigenvalue weighted by molar-refractivity contribution is -0.129. The van der Waals surface area contributed by atoms with Crippen molar-refractivity contribution < 1.29 is 13.2 Å². The second-order valence-electron chi connectivity index (χ2n) is 7.47. The lowest BCUT2D eigenvalue weighted by atomic mass is 10.1. The number of carbonyl (C=O) groups is 1. The Morgan fingerprint density at radius 1 is 1.14 bits per heavy atom. The van der Waals surface area contributed by atoms with E-state index in [4.69, 9.17) is 0 Å². The van der Waals surface area contributed by atoms with Crippen LogP contribution in [0, 0.1) is 6.92 Å². The summed E-state index contributed by atoms with van der Waals surface area (Å²) >= 11 is 0. The Bertz CT molecular complexity index is 764. The summed E-state index contributed by atoms with van der Waals surface area (Å²) in [4.78, 5) is 16.3. The maximum Gasteiger partial charge on any atom is 0.239 e. The number of aryl methyl sites for hydroxylation is 1.